The van der Waals surface area contributed by atoms with E-state index in [1.807, 2.05) is 0 Å². The Balaban J connectivity index is 3.39. The normalized spacial score (nSPS) is 10.4. The minimum Gasteiger partial charge on any atom is -0.206 e. The number of rotatable bonds is 1. The average Bonchev–Trinajstić information content (AvgIpc) is 2.08. The van der Waals surface area contributed by atoms with Gasteiger partial charge in [0.1, 0.15) is 5.82 Å². The topological polar surface area (TPSA) is 0 Å². The lowest BCUT2D eigenvalue weighted by molar-refractivity contribution is 0.565. The lowest BCUT2D eigenvalue weighted by Crippen LogP contribution is -1.91. The Morgan fingerprint density at radius 1 is 1.17 bits per heavy atom. The summed E-state index contributed by atoms with van der Waals surface area (Å²) in [6.07, 6.45) is 0. The summed E-state index contributed by atoms with van der Waals surface area (Å²) in [5, 5.41) is 0.411. The van der Waals surface area contributed by atoms with Gasteiger partial charge >= 0.3 is 0 Å². The van der Waals surface area contributed by atoms with E-state index in [0.717, 1.165) is 0 Å². The van der Waals surface area contributed by atoms with Crippen LogP contribution in [0.2, 0.25) is 0 Å². The van der Waals surface area contributed by atoms with Crippen molar-refractivity contribution in [3.8, 4) is 0 Å². The quantitative estimate of drug-likeness (QED) is 0.394. The van der Waals surface area contributed by atoms with Crippen LogP contribution in [0.5, 0.6) is 0 Å². The summed E-state index contributed by atoms with van der Waals surface area (Å²) >= 11 is 8.94. The number of benzene rings is 1. The van der Waals surface area contributed by atoms with Crippen molar-refractivity contribution in [2.45, 2.75) is 5.33 Å². The van der Waals surface area contributed by atoms with Crippen LogP contribution in [0.1, 0.15) is 5.56 Å². The maximum Gasteiger partial charge on any atom is 0.154 e. The molecule has 0 fully saturated rings. The molecular formula is C7H3Br3F2. The molecule has 1 rings (SSSR count). The molecule has 0 N–H and O–H groups in total. The van der Waals surface area contributed by atoms with Crippen LogP contribution < -0.4 is 0 Å². The molecule has 0 bridgehead atoms. The van der Waals surface area contributed by atoms with Gasteiger partial charge in [-0.2, -0.15) is 0 Å². The monoisotopic (exact) mass is 362 g/mol. The van der Waals surface area contributed by atoms with Crippen molar-refractivity contribution in [2.24, 2.45) is 0 Å². The van der Waals surface area contributed by atoms with Gasteiger partial charge in [0.15, 0.2) is 5.82 Å². The van der Waals surface area contributed by atoms with Gasteiger partial charge in [0.05, 0.1) is 8.95 Å². The van der Waals surface area contributed by atoms with Gasteiger partial charge in [-0.15, -0.1) is 0 Å². The zero-order chi connectivity index (χ0) is 9.30. The van der Waals surface area contributed by atoms with Gasteiger partial charge in [0.2, 0.25) is 0 Å². The molecule has 0 saturated heterocycles. The summed E-state index contributed by atoms with van der Waals surface area (Å²) in [6, 6.07) is 1.27. The van der Waals surface area contributed by atoms with Gasteiger partial charge in [-0.3, -0.25) is 0 Å². The lowest BCUT2D eigenvalue weighted by Gasteiger charge is -2.04. The van der Waals surface area contributed by atoms with Crippen LogP contribution >= 0.6 is 47.8 Å². The fraction of sp³-hybridized carbons (Fsp3) is 0.143. The van der Waals surface area contributed by atoms with E-state index >= 15 is 0 Å². The summed E-state index contributed by atoms with van der Waals surface area (Å²) in [7, 11) is 0. The van der Waals surface area contributed by atoms with Crippen molar-refractivity contribution in [3.63, 3.8) is 0 Å². The molecule has 0 aliphatic heterocycles. The highest BCUT2D eigenvalue weighted by molar-refractivity contribution is 9.11. The SMILES string of the molecule is Fc1cc(CBr)c(Br)c(F)c1Br. The van der Waals surface area contributed by atoms with Crippen molar-refractivity contribution in [2.75, 3.05) is 0 Å². The molecule has 5 heteroatoms. The van der Waals surface area contributed by atoms with E-state index in [4.69, 9.17) is 0 Å². The standard InChI is InChI=1S/C7H3Br3F2/c8-2-3-1-4(11)6(10)7(12)5(3)9/h1H,2H2. The molecule has 0 radical (unpaired) electrons. The molecule has 0 nitrogen and oxygen atoms in total. The molecule has 0 aliphatic carbocycles. The molecule has 66 valence electrons. The number of hydrogen-bond donors (Lipinski definition) is 0. The zero-order valence-corrected chi connectivity index (χ0v) is 10.4. The van der Waals surface area contributed by atoms with E-state index in [1.54, 1.807) is 0 Å². The summed E-state index contributed by atoms with van der Waals surface area (Å²) in [6.45, 7) is 0. The molecule has 0 amide bonds. The first kappa shape index (κ1) is 10.6. The highest BCUT2D eigenvalue weighted by Gasteiger charge is 2.13. The fourth-order valence-electron chi connectivity index (χ4n) is 0.719. The van der Waals surface area contributed by atoms with Crippen molar-refractivity contribution in [3.05, 3.63) is 32.2 Å². The highest BCUT2D eigenvalue weighted by Crippen LogP contribution is 2.30. The molecule has 0 atom stereocenters. The molecule has 1 aromatic rings. The van der Waals surface area contributed by atoms with E-state index in [1.165, 1.54) is 6.07 Å². The Bertz CT molecular complexity index is 312. The van der Waals surface area contributed by atoms with Crippen molar-refractivity contribution >= 4 is 47.8 Å². The first-order valence-corrected chi connectivity index (χ1v) is 5.66. The first-order valence-electron chi connectivity index (χ1n) is 2.95. The Hall–Kier alpha value is 0.520. The van der Waals surface area contributed by atoms with Gasteiger partial charge in [0.25, 0.3) is 0 Å². The van der Waals surface area contributed by atoms with E-state index in [0.29, 0.717) is 10.9 Å². The third-order valence-electron chi connectivity index (χ3n) is 1.32. The number of hydrogen-bond acceptors (Lipinski definition) is 0. The predicted octanol–water partition coefficient (Wildman–Crippen LogP) is 4.38. The van der Waals surface area contributed by atoms with Crippen LogP contribution in [0.15, 0.2) is 15.0 Å². The van der Waals surface area contributed by atoms with Gasteiger partial charge in [-0.05, 0) is 43.5 Å². The molecule has 0 saturated carbocycles. The Morgan fingerprint density at radius 3 is 2.25 bits per heavy atom. The van der Waals surface area contributed by atoms with Gasteiger partial charge in [-0.25, -0.2) is 8.78 Å². The summed E-state index contributed by atoms with van der Waals surface area (Å²) in [5.41, 5.74) is 0.549. The second-order valence-corrected chi connectivity index (χ2v) is 4.24. The predicted molar refractivity (Wildman–Crippen MR) is 54.4 cm³/mol. The van der Waals surface area contributed by atoms with Gasteiger partial charge < -0.3 is 0 Å². The molecule has 0 heterocycles. The van der Waals surface area contributed by atoms with E-state index < -0.39 is 11.6 Å². The largest absolute Gasteiger partial charge is 0.206 e. The number of halogens is 5. The van der Waals surface area contributed by atoms with Crippen molar-refractivity contribution < 1.29 is 8.78 Å². The zero-order valence-electron chi connectivity index (χ0n) is 5.67. The molecule has 1 aromatic carbocycles. The highest BCUT2D eigenvalue weighted by atomic mass is 79.9. The van der Waals surface area contributed by atoms with E-state index in [9.17, 15) is 8.78 Å². The van der Waals surface area contributed by atoms with E-state index in [-0.39, 0.29) is 8.95 Å². The maximum absolute atomic E-state index is 13.1. The van der Waals surface area contributed by atoms with Crippen LogP contribution in [-0.4, -0.2) is 0 Å². The second-order valence-electron chi connectivity index (χ2n) is 2.09. The smallest absolute Gasteiger partial charge is 0.154 e. The molecule has 0 aliphatic rings. The first-order chi connectivity index (χ1) is 5.57. The molecule has 0 spiro atoms. The third kappa shape index (κ3) is 1.88. The molecule has 0 aromatic heterocycles. The molecular weight excluding hydrogens is 362 g/mol. The Kier molecular flexibility index (Phi) is 3.67. The minimum atomic E-state index is -0.607. The van der Waals surface area contributed by atoms with Crippen LogP contribution in [0, 0.1) is 11.6 Å². The van der Waals surface area contributed by atoms with E-state index in [2.05, 4.69) is 47.8 Å². The van der Waals surface area contributed by atoms with Crippen molar-refractivity contribution in [1.82, 2.24) is 0 Å². The van der Waals surface area contributed by atoms with Gasteiger partial charge in [0, 0.05) is 5.33 Å². The second kappa shape index (κ2) is 4.15. The van der Waals surface area contributed by atoms with Crippen LogP contribution in [0.25, 0.3) is 0 Å². The van der Waals surface area contributed by atoms with Crippen LogP contribution in [-0.2, 0) is 5.33 Å². The maximum atomic E-state index is 13.1. The third-order valence-corrected chi connectivity index (χ3v) is 3.51. The van der Waals surface area contributed by atoms with Crippen molar-refractivity contribution in [1.29, 1.82) is 0 Å². The Labute approximate surface area is 93.7 Å². The fourth-order valence-corrected chi connectivity index (χ4v) is 2.57. The van der Waals surface area contributed by atoms with Crippen LogP contribution in [0.3, 0.4) is 0 Å². The molecule has 0 unspecified atom stereocenters. The van der Waals surface area contributed by atoms with Gasteiger partial charge in [-0.1, -0.05) is 15.9 Å². The summed E-state index contributed by atoms with van der Waals surface area (Å²) in [5.74, 6) is -1.20. The minimum absolute atomic E-state index is 0.140. The number of alkyl halides is 1. The van der Waals surface area contributed by atoms with Crippen LogP contribution in [0.4, 0.5) is 8.78 Å². The summed E-state index contributed by atoms with van der Waals surface area (Å²) < 4.78 is 26.1. The Morgan fingerprint density at radius 2 is 1.75 bits per heavy atom. The summed E-state index contributed by atoms with van der Waals surface area (Å²) in [4.78, 5) is 0. The lowest BCUT2D eigenvalue weighted by atomic mass is 10.2. The average molecular weight is 365 g/mol. The molecule has 12 heavy (non-hydrogen) atoms.